The van der Waals surface area contributed by atoms with E-state index >= 15 is 0 Å². The number of hydrogen-bond acceptors (Lipinski definition) is 3. The molecule has 0 amide bonds. The normalized spacial score (nSPS) is 10.9. The van der Waals surface area contributed by atoms with Gasteiger partial charge in [0.25, 0.3) is 0 Å². The number of hydrogen-bond donors (Lipinski definition) is 0. The van der Waals surface area contributed by atoms with Crippen LogP contribution in [0.15, 0.2) is 38.0 Å². The van der Waals surface area contributed by atoms with Gasteiger partial charge in [-0.25, -0.2) is 0 Å². The zero-order chi connectivity index (χ0) is 10.9. The van der Waals surface area contributed by atoms with Crippen LogP contribution >= 0.6 is 13.2 Å². The average Bonchev–Trinajstić information content (AvgIpc) is 2.21. The molecule has 0 atom stereocenters. The molecule has 80 valence electrons. The van der Waals surface area contributed by atoms with Gasteiger partial charge in [0.15, 0.2) is 0 Å². The van der Waals surface area contributed by atoms with Gasteiger partial charge in [0.2, 0.25) is 0 Å². The molecule has 0 aromatic heterocycles. The van der Waals surface area contributed by atoms with Crippen LogP contribution in [0, 0.1) is 0 Å². The molecule has 0 saturated carbocycles. The minimum absolute atomic E-state index is 0.402. The fourth-order valence-electron chi connectivity index (χ4n) is 0.600. The van der Waals surface area contributed by atoms with Crippen LogP contribution in [0.5, 0.6) is 0 Å². The van der Waals surface area contributed by atoms with E-state index in [1.54, 1.807) is 18.2 Å². The number of halogens is 1. The molecule has 0 bridgehead atoms. The summed E-state index contributed by atoms with van der Waals surface area (Å²) in [5.41, 5.74) is 0. The molecule has 0 radical (unpaired) electrons. The van der Waals surface area contributed by atoms with Crippen LogP contribution < -0.4 is 0 Å². The van der Waals surface area contributed by atoms with E-state index in [4.69, 9.17) is 9.96 Å². The topological polar surface area (TPSA) is 27.7 Å². The molecule has 14 heavy (non-hydrogen) atoms. The summed E-state index contributed by atoms with van der Waals surface area (Å²) in [7, 11) is 0. The van der Waals surface area contributed by atoms with Gasteiger partial charge >= 0.3 is 96.6 Å². The summed E-state index contributed by atoms with van der Waals surface area (Å²) in [6, 6.07) is 0. The minimum atomic E-state index is -3.23. The second-order valence-electron chi connectivity index (χ2n) is 2.28. The second kappa shape index (κ2) is 8.59. The Bertz CT molecular complexity index is 165. The van der Waals surface area contributed by atoms with Crippen LogP contribution in [0.3, 0.4) is 0 Å². The summed E-state index contributed by atoms with van der Waals surface area (Å²) in [4.78, 5) is 0. The third kappa shape index (κ3) is 6.70. The zero-order valence-electron chi connectivity index (χ0n) is 8.08. The van der Waals surface area contributed by atoms with Crippen molar-refractivity contribution in [2.45, 2.75) is 0 Å². The molecule has 0 aliphatic carbocycles. The van der Waals surface area contributed by atoms with Gasteiger partial charge in [0.1, 0.15) is 0 Å². The maximum absolute atomic E-state index is 5.43. The summed E-state index contributed by atoms with van der Waals surface area (Å²) in [5.74, 6) is 0. The van der Waals surface area contributed by atoms with Crippen LogP contribution in [0.4, 0.5) is 0 Å². The Morgan fingerprint density at radius 3 is 1.36 bits per heavy atom. The molecule has 0 spiro atoms. The van der Waals surface area contributed by atoms with Gasteiger partial charge < -0.3 is 0 Å². The Kier molecular flexibility index (Phi) is 8.77. The molecule has 3 nitrogen and oxygen atoms in total. The Hall–Kier alpha value is 0.294. The van der Waals surface area contributed by atoms with Gasteiger partial charge in [-0.2, -0.15) is 0 Å². The number of rotatable bonds is 9. The molecule has 0 heterocycles. The molecular formula is C9H15BrO3Ti. The first-order chi connectivity index (χ1) is 6.68. The van der Waals surface area contributed by atoms with Crippen LogP contribution in [-0.4, -0.2) is 19.8 Å². The maximum atomic E-state index is 5.43. The molecule has 0 aliphatic heterocycles. The summed E-state index contributed by atoms with van der Waals surface area (Å²) < 4.78 is 16.3. The Morgan fingerprint density at radius 1 is 0.857 bits per heavy atom. The van der Waals surface area contributed by atoms with E-state index in [-0.39, 0.29) is 0 Å². The summed E-state index contributed by atoms with van der Waals surface area (Å²) in [5, 5.41) is 0. The molecule has 0 aliphatic rings. The van der Waals surface area contributed by atoms with E-state index in [2.05, 4.69) is 32.9 Å². The molecule has 0 rings (SSSR count). The van der Waals surface area contributed by atoms with Gasteiger partial charge in [-0.05, 0) is 0 Å². The van der Waals surface area contributed by atoms with Crippen LogP contribution in [0.1, 0.15) is 0 Å². The first-order valence-electron chi connectivity index (χ1n) is 4.12. The van der Waals surface area contributed by atoms with E-state index < -0.39 is 15.7 Å². The average molecular weight is 299 g/mol. The first-order valence-corrected chi connectivity index (χ1v) is 9.89. The summed E-state index contributed by atoms with van der Waals surface area (Å²) >= 11 is 0.139. The van der Waals surface area contributed by atoms with Gasteiger partial charge in [-0.3, -0.25) is 0 Å². The molecule has 0 N–H and O–H groups in total. The van der Waals surface area contributed by atoms with Gasteiger partial charge in [0.05, 0.1) is 0 Å². The second-order valence-corrected chi connectivity index (χ2v) is 9.14. The van der Waals surface area contributed by atoms with E-state index in [0.717, 1.165) is 0 Å². The first kappa shape index (κ1) is 14.3. The van der Waals surface area contributed by atoms with Gasteiger partial charge in [-0.1, -0.05) is 0 Å². The third-order valence-corrected chi connectivity index (χ3v) is 6.35. The predicted molar refractivity (Wildman–Crippen MR) is 57.4 cm³/mol. The predicted octanol–water partition coefficient (Wildman–Crippen LogP) is 2.80. The summed E-state index contributed by atoms with van der Waals surface area (Å²) in [6.07, 6.45) is 4.95. The van der Waals surface area contributed by atoms with Gasteiger partial charge in [0, 0.05) is 0 Å². The van der Waals surface area contributed by atoms with Crippen molar-refractivity contribution in [2.75, 3.05) is 19.8 Å². The monoisotopic (exact) mass is 298 g/mol. The van der Waals surface area contributed by atoms with E-state index in [1.165, 1.54) is 0 Å². The molecule has 5 heteroatoms. The van der Waals surface area contributed by atoms with E-state index in [1.807, 2.05) is 0 Å². The van der Waals surface area contributed by atoms with E-state index in [9.17, 15) is 0 Å². The van der Waals surface area contributed by atoms with Crippen molar-refractivity contribution in [1.29, 1.82) is 0 Å². The Balaban J connectivity index is 4.07. The Morgan fingerprint density at radius 2 is 1.14 bits per heavy atom. The van der Waals surface area contributed by atoms with Crippen LogP contribution in [0.2, 0.25) is 0 Å². The van der Waals surface area contributed by atoms with Crippen molar-refractivity contribution >= 4 is 13.2 Å². The fourth-order valence-corrected chi connectivity index (χ4v) is 4.11. The summed E-state index contributed by atoms with van der Waals surface area (Å²) in [6.45, 7) is 11.9. The van der Waals surface area contributed by atoms with Crippen molar-refractivity contribution in [2.24, 2.45) is 0 Å². The molecule has 0 unspecified atom stereocenters. The van der Waals surface area contributed by atoms with Crippen molar-refractivity contribution in [3.8, 4) is 0 Å². The van der Waals surface area contributed by atoms with Crippen molar-refractivity contribution < 1.29 is 25.6 Å². The standard InChI is InChI=1S/3C3H5O.BrH.Ti/c3*1-2-3-4;;/h3*2H,1,3H2;1H;/q3*-1;;+4/p-1. The van der Waals surface area contributed by atoms with Crippen molar-refractivity contribution in [1.82, 2.24) is 0 Å². The molecule has 0 aromatic carbocycles. The van der Waals surface area contributed by atoms with Crippen LogP contribution in [-0.2, 0) is 25.6 Å². The zero-order valence-corrected chi connectivity index (χ0v) is 11.2. The third-order valence-electron chi connectivity index (χ3n) is 1.12. The van der Waals surface area contributed by atoms with E-state index in [0.29, 0.717) is 19.8 Å². The van der Waals surface area contributed by atoms with Gasteiger partial charge in [-0.15, -0.1) is 0 Å². The van der Waals surface area contributed by atoms with Crippen molar-refractivity contribution in [3.05, 3.63) is 38.0 Å². The molecule has 0 fully saturated rings. The van der Waals surface area contributed by atoms with Crippen molar-refractivity contribution in [3.63, 3.8) is 0 Å². The molecule has 0 aromatic rings. The molecular weight excluding hydrogens is 284 g/mol. The Labute approximate surface area is 96.3 Å². The quantitative estimate of drug-likeness (QED) is 0.484. The van der Waals surface area contributed by atoms with Crippen LogP contribution in [0.25, 0.3) is 0 Å². The fraction of sp³-hybridized carbons (Fsp3) is 0.333. The SMILES string of the molecule is C=CC[O][Ti]([Br])([O]CC=C)[O]CC=C. The molecule has 0 saturated heterocycles.